The number of likely N-dealkylation sites (tertiary alicyclic amines) is 1. The van der Waals surface area contributed by atoms with Crippen molar-refractivity contribution >= 4 is 27.7 Å². The lowest BCUT2D eigenvalue weighted by atomic mass is 9.95. The molecule has 0 radical (unpaired) electrons. The van der Waals surface area contributed by atoms with Crippen molar-refractivity contribution in [2.24, 2.45) is 13.0 Å². The summed E-state index contributed by atoms with van der Waals surface area (Å²) < 4.78 is 3.20. The first-order valence-corrected chi connectivity index (χ1v) is 11.7. The standard InChI is InChI=1S/C21H23BrN6S/c1-27-19(15-7-8-23-24-12-15)25-26-20(27)29-10-2-9-28-13-17-11-21(17,14-28)16-3-5-18(22)6-4-16/h3-8,12,17H,2,9-11,13-14H2,1H3/t17-,21+/m0/s1. The monoisotopic (exact) mass is 470 g/mol. The normalized spacial score (nSPS) is 23.3. The smallest absolute Gasteiger partial charge is 0.191 e. The Bertz CT molecular complexity index is 992. The van der Waals surface area contributed by atoms with Crippen molar-refractivity contribution in [2.75, 3.05) is 25.4 Å². The summed E-state index contributed by atoms with van der Waals surface area (Å²) in [5.74, 6) is 2.72. The van der Waals surface area contributed by atoms with E-state index in [-0.39, 0.29) is 0 Å². The van der Waals surface area contributed by atoms with Crippen molar-refractivity contribution < 1.29 is 0 Å². The molecule has 2 aromatic heterocycles. The molecule has 0 spiro atoms. The molecule has 6 nitrogen and oxygen atoms in total. The van der Waals surface area contributed by atoms with Crippen molar-refractivity contribution in [1.82, 2.24) is 29.9 Å². The van der Waals surface area contributed by atoms with Crippen LogP contribution in [-0.2, 0) is 12.5 Å². The van der Waals surface area contributed by atoms with Crippen LogP contribution in [0.2, 0.25) is 0 Å². The number of halogens is 1. The first kappa shape index (κ1) is 19.2. The number of thioether (sulfide) groups is 1. The minimum atomic E-state index is 0.422. The van der Waals surface area contributed by atoms with Crippen molar-refractivity contribution in [2.45, 2.75) is 23.4 Å². The van der Waals surface area contributed by atoms with E-state index in [2.05, 4.69) is 65.5 Å². The summed E-state index contributed by atoms with van der Waals surface area (Å²) in [6.07, 6.45) is 5.91. The number of rotatable bonds is 7. The Morgan fingerprint density at radius 1 is 1.17 bits per heavy atom. The average Bonchev–Trinajstić information content (AvgIpc) is 3.11. The molecule has 0 amide bonds. The van der Waals surface area contributed by atoms with Gasteiger partial charge in [-0.1, -0.05) is 39.8 Å². The lowest BCUT2D eigenvalue weighted by molar-refractivity contribution is 0.299. The van der Waals surface area contributed by atoms with E-state index < -0.39 is 0 Å². The minimum absolute atomic E-state index is 0.422. The summed E-state index contributed by atoms with van der Waals surface area (Å²) in [5.41, 5.74) is 2.88. The van der Waals surface area contributed by atoms with E-state index in [1.165, 1.54) is 25.1 Å². The van der Waals surface area contributed by atoms with Crippen LogP contribution < -0.4 is 0 Å². The second-order valence-electron chi connectivity index (χ2n) is 8.00. The van der Waals surface area contributed by atoms with Crippen LogP contribution in [0.25, 0.3) is 11.4 Å². The minimum Gasteiger partial charge on any atom is -0.305 e. The molecule has 29 heavy (non-hydrogen) atoms. The van der Waals surface area contributed by atoms with Gasteiger partial charge in [0.05, 0.1) is 12.4 Å². The lowest BCUT2D eigenvalue weighted by Gasteiger charge is -2.21. The molecule has 5 rings (SSSR count). The van der Waals surface area contributed by atoms with Crippen LogP contribution in [0.1, 0.15) is 18.4 Å². The molecule has 3 heterocycles. The molecule has 1 aliphatic heterocycles. The summed E-state index contributed by atoms with van der Waals surface area (Å²) in [5, 5.41) is 17.4. The van der Waals surface area contributed by atoms with E-state index in [1.54, 1.807) is 24.2 Å². The molecule has 2 atom stereocenters. The third kappa shape index (κ3) is 3.73. The molecule has 1 aliphatic carbocycles. The first-order valence-electron chi connectivity index (χ1n) is 9.93. The summed E-state index contributed by atoms with van der Waals surface area (Å²) in [6, 6.07) is 10.9. The zero-order valence-electron chi connectivity index (χ0n) is 16.3. The van der Waals surface area contributed by atoms with Gasteiger partial charge in [-0.05, 0) is 49.1 Å². The van der Waals surface area contributed by atoms with Crippen LogP contribution in [-0.4, -0.2) is 55.2 Å². The number of fused-ring (bicyclic) bond motifs is 1. The van der Waals surface area contributed by atoms with Gasteiger partial charge in [-0.2, -0.15) is 10.2 Å². The second kappa shape index (κ2) is 7.81. The highest BCUT2D eigenvalue weighted by atomic mass is 79.9. The third-order valence-electron chi connectivity index (χ3n) is 6.16. The lowest BCUT2D eigenvalue weighted by Crippen LogP contribution is -2.27. The highest BCUT2D eigenvalue weighted by Gasteiger charge is 2.60. The average molecular weight is 471 g/mol. The quantitative estimate of drug-likeness (QED) is 0.386. The van der Waals surface area contributed by atoms with Crippen LogP contribution in [0, 0.1) is 5.92 Å². The Kier molecular flexibility index (Phi) is 5.17. The number of hydrogen-bond acceptors (Lipinski definition) is 6. The van der Waals surface area contributed by atoms with E-state index in [0.29, 0.717) is 5.41 Å². The molecule has 0 bridgehead atoms. The maximum absolute atomic E-state index is 4.35. The fraction of sp³-hybridized carbons (Fsp3) is 0.429. The van der Waals surface area contributed by atoms with Gasteiger partial charge >= 0.3 is 0 Å². The fourth-order valence-corrected chi connectivity index (χ4v) is 5.65. The molecule has 8 heteroatoms. The predicted molar refractivity (Wildman–Crippen MR) is 118 cm³/mol. The zero-order valence-corrected chi connectivity index (χ0v) is 18.7. The number of nitrogens with zero attached hydrogens (tertiary/aromatic N) is 6. The number of aromatic nitrogens is 5. The highest BCUT2D eigenvalue weighted by molar-refractivity contribution is 9.10. The summed E-state index contributed by atoms with van der Waals surface area (Å²) in [4.78, 5) is 2.64. The maximum Gasteiger partial charge on any atom is 0.191 e. The Balaban J connectivity index is 1.12. The van der Waals surface area contributed by atoms with Crippen molar-refractivity contribution in [3.8, 4) is 11.4 Å². The summed E-state index contributed by atoms with van der Waals surface area (Å²) in [7, 11) is 2.01. The van der Waals surface area contributed by atoms with E-state index in [4.69, 9.17) is 0 Å². The van der Waals surface area contributed by atoms with Crippen LogP contribution in [0.5, 0.6) is 0 Å². The van der Waals surface area contributed by atoms with Crippen molar-refractivity contribution in [1.29, 1.82) is 0 Å². The van der Waals surface area contributed by atoms with Crippen molar-refractivity contribution in [3.63, 3.8) is 0 Å². The van der Waals surface area contributed by atoms with Crippen LogP contribution in [0.15, 0.2) is 52.4 Å². The molecule has 150 valence electrons. The van der Waals surface area contributed by atoms with Gasteiger partial charge in [0.2, 0.25) is 0 Å². The molecule has 3 aromatic rings. The molecular weight excluding hydrogens is 448 g/mol. The molecule has 1 saturated heterocycles. The van der Waals surface area contributed by atoms with Gasteiger partial charge in [-0.3, -0.25) is 0 Å². The maximum atomic E-state index is 4.35. The molecule has 1 saturated carbocycles. The zero-order chi connectivity index (χ0) is 19.8. The topological polar surface area (TPSA) is 59.7 Å². The van der Waals surface area contributed by atoms with Crippen LogP contribution >= 0.6 is 27.7 Å². The Morgan fingerprint density at radius 3 is 2.83 bits per heavy atom. The van der Waals surface area contributed by atoms with Gasteiger partial charge in [-0.25, -0.2) is 0 Å². The Morgan fingerprint density at radius 2 is 2.03 bits per heavy atom. The molecule has 2 fully saturated rings. The SMILES string of the molecule is Cn1c(SCCCN2C[C@@H]3C[C@]3(c3ccc(Br)cc3)C2)nnc1-c1ccnnc1. The molecule has 0 unspecified atom stereocenters. The van der Waals surface area contributed by atoms with Gasteiger partial charge < -0.3 is 9.47 Å². The van der Waals surface area contributed by atoms with E-state index in [9.17, 15) is 0 Å². The van der Waals surface area contributed by atoms with Gasteiger partial charge in [0, 0.05) is 41.3 Å². The van der Waals surface area contributed by atoms with Gasteiger partial charge in [0.25, 0.3) is 0 Å². The van der Waals surface area contributed by atoms with Crippen molar-refractivity contribution in [3.05, 3.63) is 52.8 Å². The molecule has 2 aliphatic rings. The molecular formula is C21H23BrN6S. The number of piperidine rings is 1. The van der Waals surface area contributed by atoms with E-state index in [1.807, 2.05) is 17.7 Å². The molecule has 1 aromatic carbocycles. The van der Waals surface area contributed by atoms with Gasteiger partial charge in [-0.15, -0.1) is 10.2 Å². The third-order valence-corrected chi connectivity index (χ3v) is 7.80. The highest BCUT2D eigenvalue weighted by Crippen LogP contribution is 2.59. The van der Waals surface area contributed by atoms with E-state index in [0.717, 1.165) is 45.7 Å². The summed E-state index contributed by atoms with van der Waals surface area (Å²) >= 11 is 5.32. The van der Waals surface area contributed by atoms with Gasteiger partial charge in [0.1, 0.15) is 0 Å². The van der Waals surface area contributed by atoms with Crippen LogP contribution in [0.4, 0.5) is 0 Å². The second-order valence-corrected chi connectivity index (χ2v) is 9.98. The number of benzene rings is 1. The Labute approximate surface area is 183 Å². The fourth-order valence-electron chi connectivity index (χ4n) is 4.55. The molecule has 0 N–H and O–H groups in total. The number of hydrogen-bond donors (Lipinski definition) is 0. The van der Waals surface area contributed by atoms with Gasteiger partial charge in [0.15, 0.2) is 11.0 Å². The first-order chi connectivity index (χ1) is 14.2. The van der Waals surface area contributed by atoms with E-state index >= 15 is 0 Å². The summed E-state index contributed by atoms with van der Waals surface area (Å²) in [6.45, 7) is 3.59. The largest absolute Gasteiger partial charge is 0.305 e. The predicted octanol–water partition coefficient (Wildman–Crippen LogP) is 3.79. The van der Waals surface area contributed by atoms with Crippen LogP contribution in [0.3, 0.4) is 0 Å². The Hall–Kier alpha value is -1.77.